The number of benzene rings is 1. The van der Waals surface area contributed by atoms with Crippen molar-refractivity contribution in [1.82, 2.24) is 0 Å². The Kier molecular flexibility index (Phi) is 4.69. The Labute approximate surface area is 104 Å². The van der Waals surface area contributed by atoms with Crippen LogP contribution in [0.2, 0.25) is 0 Å². The van der Waals surface area contributed by atoms with Crippen molar-refractivity contribution < 1.29 is 9.84 Å². The molecule has 0 heterocycles. The highest BCUT2D eigenvalue weighted by Crippen LogP contribution is 2.24. The van der Waals surface area contributed by atoms with Crippen LogP contribution in [-0.2, 0) is 10.3 Å². The molecule has 3 nitrogen and oxygen atoms in total. The van der Waals surface area contributed by atoms with Crippen molar-refractivity contribution in [2.75, 3.05) is 13.2 Å². The zero-order chi connectivity index (χ0) is 12.9. The Morgan fingerprint density at radius 2 is 1.82 bits per heavy atom. The fourth-order valence-electron chi connectivity index (χ4n) is 1.43. The quantitative estimate of drug-likeness (QED) is 0.796. The van der Waals surface area contributed by atoms with Crippen LogP contribution in [0.5, 0.6) is 0 Å². The summed E-state index contributed by atoms with van der Waals surface area (Å²) in [6.07, 6.45) is 0.891. The fraction of sp³-hybridized carbons (Fsp3) is 0.571. The van der Waals surface area contributed by atoms with Crippen LogP contribution in [0.25, 0.3) is 0 Å². The largest absolute Gasteiger partial charge is 0.381 e. The minimum atomic E-state index is -1.10. The molecule has 96 valence electrons. The van der Waals surface area contributed by atoms with Gasteiger partial charge in [-0.3, -0.25) is 0 Å². The van der Waals surface area contributed by atoms with E-state index in [0.717, 1.165) is 12.0 Å². The molecular weight excluding hydrogens is 214 g/mol. The summed E-state index contributed by atoms with van der Waals surface area (Å²) >= 11 is 0. The Balaban J connectivity index is 2.77. The topological polar surface area (TPSA) is 55.5 Å². The molecule has 1 unspecified atom stereocenters. The van der Waals surface area contributed by atoms with Crippen molar-refractivity contribution in [3.8, 4) is 0 Å². The summed E-state index contributed by atoms with van der Waals surface area (Å²) in [6.45, 7) is 6.44. The van der Waals surface area contributed by atoms with E-state index in [2.05, 4.69) is 6.92 Å². The monoisotopic (exact) mass is 237 g/mol. The van der Waals surface area contributed by atoms with Gasteiger partial charge in [-0.05, 0) is 25.8 Å². The van der Waals surface area contributed by atoms with Crippen LogP contribution >= 0.6 is 0 Å². The van der Waals surface area contributed by atoms with E-state index in [0.29, 0.717) is 0 Å². The molecular formula is C14H23NO2. The maximum Gasteiger partial charge on any atom is 0.125 e. The van der Waals surface area contributed by atoms with Gasteiger partial charge in [-0.15, -0.1) is 0 Å². The summed E-state index contributed by atoms with van der Waals surface area (Å²) in [7, 11) is 0. The van der Waals surface area contributed by atoms with Gasteiger partial charge in [0, 0.05) is 6.54 Å². The molecule has 0 spiro atoms. The van der Waals surface area contributed by atoms with Gasteiger partial charge < -0.3 is 15.6 Å². The van der Waals surface area contributed by atoms with E-state index in [1.165, 1.54) is 0 Å². The molecule has 0 aliphatic carbocycles. The highest BCUT2D eigenvalue weighted by atomic mass is 16.5. The zero-order valence-electron chi connectivity index (χ0n) is 10.9. The van der Waals surface area contributed by atoms with Crippen molar-refractivity contribution in [3.05, 3.63) is 35.9 Å². The van der Waals surface area contributed by atoms with Gasteiger partial charge in [-0.2, -0.15) is 0 Å². The fourth-order valence-corrected chi connectivity index (χ4v) is 1.43. The van der Waals surface area contributed by atoms with E-state index in [-0.39, 0.29) is 18.8 Å². The summed E-state index contributed by atoms with van der Waals surface area (Å²) in [6, 6.07) is 9.43. The van der Waals surface area contributed by atoms with Crippen molar-refractivity contribution >= 4 is 0 Å². The van der Waals surface area contributed by atoms with E-state index >= 15 is 0 Å². The second kappa shape index (κ2) is 5.63. The maximum absolute atomic E-state index is 10.5. The van der Waals surface area contributed by atoms with Gasteiger partial charge in [0.05, 0.1) is 12.2 Å². The lowest BCUT2D eigenvalue weighted by molar-refractivity contribution is -0.107. The predicted octanol–water partition coefficient (Wildman–Crippen LogP) is 2.04. The molecule has 0 saturated heterocycles. The summed E-state index contributed by atoms with van der Waals surface area (Å²) < 4.78 is 5.76. The van der Waals surface area contributed by atoms with Crippen LogP contribution in [0.15, 0.2) is 30.3 Å². The first-order chi connectivity index (χ1) is 7.93. The van der Waals surface area contributed by atoms with Gasteiger partial charge in [0.1, 0.15) is 5.60 Å². The smallest absolute Gasteiger partial charge is 0.125 e. The molecule has 0 aliphatic rings. The van der Waals surface area contributed by atoms with Crippen LogP contribution in [0, 0.1) is 0 Å². The lowest BCUT2D eigenvalue weighted by Gasteiger charge is -2.32. The van der Waals surface area contributed by atoms with Crippen LogP contribution in [0.3, 0.4) is 0 Å². The van der Waals surface area contributed by atoms with Gasteiger partial charge in [-0.1, -0.05) is 37.3 Å². The van der Waals surface area contributed by atoms with Crippen LogP contribution in [0.4, 0.5) is 0 Å². The van der Waals surface area contributed by atoms with Crippen LogP contribution in [0.1, 0.15) is 32.8 Å². The molecule has 0 bridgehead atoms. The molecule has 1 aromatic carbocycles. The summed E-state index contributed by atoms with van der Waals surface area (Å²) in [4.78, 5) is 0. The van der Waals surface area contributed by atoms with Gasteiger partial charge in [-0.25, -0.2) is 0 Å². The zero-order valence-corrected chi connectivity index (χ0v) is 10.9. The summed E-state index contributed by atoms with van der Waals surface area (Å²) in [5.74, 6) is 0. The molecule has 0 aliphatic heterocycles. The number of nitrogens with two attached hydrogens (primary N) is 1. The van der Waals surface area contributed by atoms with Gasteiger partial charge >= 0.3 is 0 Å². The SMILES string of the molecule is CCC(C)(C)OCC(O)(CN)c1ccccc1. The Hall–Kier alpha value is -0.900. The molecule has 3 N–H and O–H groups in total. The highest BCUT2D eigenvalue weighted by molar-refractivity contribution is 5.22. The number of aliphatic hydroxyl groups is 1. The number of hydrogen-bond acceptors (Lipinski definition) is 3. The lowest BCUT2D eigenvalue weighted by atomic mass is 9.94. The van der Waals surface area contributed by atoms with Crippen molar-refractivity contribution in [1.29, 1.82) is 0 Å². The summed E-state index contributed by atoms with van der Waals surface area (Å²) in [5, 5.41) is 10.5. The minimum absolute atomic E-state index is 0.150. The first-order valence-corrected chi connectivity index (χ1v) is 6.05. The first kappa shape index (κ1) is 14.2. The van der Waals surface area contributed by atoms with Gasteiger partial charge in [0.25, 0.3) is 0 Å². The standard InChI is InChI=1S/C14H23NO2/c1-4-13(2,3)17-11-14(16,10-15)12-8-6-5-7-9-12/h5-9,16H,4,10-11,15H2,1-3H3. The molecule has 17 heavy (non-hydrogen) atoms. The Morgan fingerprint density at radius 3 is 2.29 bits per heavy atom. The maximum atomic E-state index is 10.5. The van der Waals surface area contributed by atoms with Crippen LogP contribution in [-0.4, -0.2) is 23.9 Å². The number of rotatable bonds is 6. The Bertz CT molecular complexity index is 337. The van der Waals surface area contributed by atoms with E-state index in [4.69, 9.17) is 10.5 Å². The predicted molar refractivity (Wildman–Crippen MR) is 69.7 cm³/mol. The lowest BCUT2D eigenvalue weighted by Crippen LogP contribution is -2.42. The number of ether oxygens (including phenoxy) is 1. The van der Waals surface area contributed by atoms with Crippen molar-refractivity contribution in [3.63, 3.8) is 0 Å². The first-order valence-electron chi connectivity index (χ1n) is 6.05. The molecule has 0 saturated carbocycles. The minimum Gasteiger partial charge on any atom is -0.381 e. The van der Waals surface area contributed by atoms with Crippen LogP contribution < -0.4 is 5.73 Å². The number of hydrogen-bond donors (Lipinski definition) is 2. The molecule has 1 rings (SSSR count). The normalized spacial score (nSPS) is 15.6. The molecule has 3 heteroatoms. The average Bonchev–Trinajstić information content (AvgIpc) is 2.37. The van der Waals surface area contributed by atoms with E-state index < -0.39 is 5.60 Å². The summed E-state index contributed by atoms with van der Waals surface area (Å²) in [5.41, 5.74) is 5.14. The molecule has 0 aromatic heterocycles. The third-order valence-electron chi connectivity index (χ3n) is 3.20. The Morgan fingerprint density at radius 1 is 1.24 bits per heavy atom. The van der Waals surface area contributed by atoms with E-state index in [1.54, 1.807) is 0 Å². The van der Waals surface area contributed by atoms with Crippen molar-refractivity contribution in [2.24, 2.45) is 5.73 Å². The second-order valence-electron chi connectivity index (χ2n) is 5.00. The van der Waals surface area contributed by atoms with E-state index in [1.807, 2.05) is 44.2 Å². The second-order valence-corrected chi connectivity index (χ2v) is 5.00. The van der Waals surface area contributed by atoms with E-state index in [9.17, 15) is 5.11 Å². The average molecular weight is 237 g/mol. The highest BCUT2D eigenvalue weighted by Gasteiger charge is 2.30. The molecule has 0 fully saturated rings. The molecule has 1 atom stereocenters. The molecule has 0 radical (unpaired) electrons. The van der Waals surface area contributed by atoms with Gasteiger partial charge in [0.2, 0.25) is 0 Å². The third-order valence-corrected chi connectivity index (χ3v) is 3.20. The molecule has 1 aromatic rings. The third kappa shape index (κ3) is 3.80. The van der Waals surface area contributed by atoms with Crippen molar-refractivity contribution in [2.45, 2.75) is 38.4 Å². The van der Waals surface area contributed by atoms with Gasteiger partial charge in [0.15, 0.2) is 0 Å². The molecule has 0 amide bonds.